The number of piperidine rings is 2. The van der Waals surface area contributed by atoms with Crippen LogP contribution in [-0.2, 0) is 0 Å². The minimum absolute atomic E-state index is 0.169. The van der Waals surface area contributed by atoms with Gasteiger partial charge in [-0.05, 0) is 108 Å². The molecule has 198 valence electrons. The van der Waals surface area contributed by atoms with E-state index in [2.05, 4.69) is 25.5 Å². The number of aliphatic imine (C=N–C) groups is 2. The van der Waals surface area contributed by atoms with Crippen LogP contribution in [0.5, 0.6) is 5.75 Å². The second-order valence-electron chi connectivity index (χ2n) is 9.85. The lowest BCUT2D eigenvalue weighted by atomic mass is 9.92. The lowest BCUT2D eigenvalue weighted by Crippen LogP contribution is -2.37. The van der Waals surface area contributed by atoms with E-state index in [0.717, 1.165) is 73.9 Å². The molecule has 0 spiro atoms. The summed E-state index contributed by atoms with van der Waals surface area (Å²) in [7, 11) is 2.04. The summed E-state index contributed by atoms with van der Waals surface area (Å²) in [6.45, 7) is 8.94. The van der Waals surface area contributed by atoms with Crippen LogP contribution in [0.4, 0.5) is 0 Å². The van der Waals surface area contributed by atoms with Crippen LogP contribution in [0.3, 0.4) is 0 Å². The lowest BCUT2D eigenvalue weighted by molar-refractivity contribution is 0.112. The van der Waals surface area contributed by atoms with Gasteiger partial charge in [-0.25, -0.2) is 9.98 Å². The molecule has 1 aromatic carbocycles. The van der Waals surface area contributed by atoms with Crippen LogP contribution in [0.2, 0.25) is 0 Å². The van der Waals surface area contributed by atoms with Crippen LogP contribution in [0.25, 0.3) is 0 Å². The number of benzene rings is 1. The number of alkyl halides is 1. The Morgan fingerprint density at radius 3 is 2.58 bits per heavy atom. The fourth-order valence-electron chi connectivity index (χ4n) is 4.64. The number of aryl methyl sites for hydroxylation is 1. The molecule has 3 heterocycles. The third-order valence-corrected chi connectivity index (χ3v) is 7.63. The van der Waals surface area contributed by atoms with Crippen molar-refractivity contribution in [1.29, 1.82) is 0 Å². The number of hydrogen-bond acceptors (Lipinski definition) is 7. The summed E-state index contributed by atoms with van der Waals surface area (Å²) in [5.41, 5.74) is 2.69. The predicted molar refractivity (Wildman–Crippen MR) is 150 cm³/mol. The van der Waals surface area contributed by atoms with E-state index in [1.54, 1.807) is 6.21 Å². The summed E-state index contributed by atoms with van der Waals surface area (Å²) in [6.07, 6.45) is 11.5. The van der Waals surface area contributed by atoms with Crippen molar-refractivity contribution in [2.45, 2.75) is 63.8 Å². The highest BCUT2D eigenvalue weighted by Crippen LogP contribution is 2.24. The summed E-state index contributed by atoms with van der Waals surface area (Å²) in [5, 5.41) is 6.40. The Morgan fingerprint density at radius 1 is 1.19 bits per heavy atom. The molecule has 0 amide bonds. The monoisotopic (exact) mass is 515 g/mol. The summed E-state index contributed by atoms with van der Waals surface area (Å²) in [6, 6.07) is 6.38. The number of guanidine groups is 1. The molecule has 0 bridgehead atoms. The maximum Gasteiger partial charge on any atom is 0.224 e. The van der Waals surface area contributed by atoms with E-state index in [1.807, 2.05) is 45.3 Å². The molecule has 1 atom stereocenters. The van der Waals surface area contributed by atoms with Gasteiger partial charge in [-0.3, -0.25) is 4.79 Å². The van der Waals surface area contributed by atoms with Crippen LogP contribution in [0.1, 0.15) is 61.4 Å². The van der Waals surface area contributed by atoms with Crippen molar-refractivity contribution in [3.63, 3.8) is 0 Å². The molecule has 2 fully saturated rings. The first kappa shape index (κ1) is 28.4. The van der Waals surface area contributed by atoms with Gasteiger partial charge < -0.3 is 20.3 Å². The van der Waals surface area contributed by atoms with E-state index in [4.69, 9.17) is 16.3 Å². The SMILES string of the molecule is CC1=CN=C(N2CCC(CCCOc3ccc(C=O)c(C)c3)CC2)N=CC1Cl.CNC1CCNCC1. The Labute approximate surface area is 221 Å². The van der Waals surface area contributed by atoms with E-state index < -0.39 is 0 Å². The second kappa shape index (κ2) is 15.1. The Hall–Kier alpha value is -2.22. The zero-order chi connectivity index (χ0) is 25.8. The molecule has 2 N–H and O–H groups in total. The molecule has 2 saturated heterocycles. The van der Waals surface area contributed by atoms with Crippen molar-refractivity contribution < 1.29 is 9.53 Å². The first-order chi connectivity index (χ1) is 17.5. The largest absolute Gasteiger partial charge is 0.494 e. The number of nitrogens with zero attached hydrogens (tertiary/aromatic N) is 3. The number of halogens is 1. The number of nitrogens with one attached hydrogen (secondary N) is 2. The number of allylic oxidation sites excluding steroid dienone is 1. The molecule has 7 nitrogen and oxygen atoms in total. The van der Waals surface area contributed by atoms with E-state index in [0.29, 0.717) is 18.1 Å². The average molecular weight is 516 g/mol. The van der Waals surface area contributed by atoms with Gasteiger partial charge in [-0.2, -0.15) is 0 Å². The molecule has 0 aromatic heterocycles. The van der Waals surface area contributed by atoms with Crippen LogP contribution in [0.15, 0.2) is 40.0 Å². The highest BCUT2D eigenvalue weighted by molar-refractivity contribution is 6.30. The minimum atomic E-state index is -0.169. The van der Waals surface area contributed by atoms with Gasteiger partial charge in [0.1, 0.15) is 12.0 Å². The van der Waals surface area contributed by atoms with Crippen molar-refractivity contribution >= 4 is 30.1 Å². The summed E-state index contributed by atoms with van der Waals surface area (Å²) < 4.78 is 5.84. The molecular weight excluding hydrogens is 474 g/mol. The van der Waals surface area contributed by atoms with Gasteiger partial charge in [0.2, 0.25) is 5.96 Å². The standard InChI is InChI=1S/C22H28ClN3O2.C6H14N2/c1-16-12-20(6-5-19(16)15-27)28-11-3-4-18-7-9-26(10-8-18)22-24-13-17(2)21(23)14-25-22;1-7-6-2-4-8-5-3-6/h5-6,12-15,18,21H,3-4,7-11H2,1-2H3;6-8H,2-5H2,1H3. The first-order valence-electron chi connectivity index (χ1n) is 13.2. The van der Waals surface area contributed by atoms with E-state index in [1.165, 1.54) is 25.9 Å². The van der Waals surface area contributed by atoms with E-state index >= 15 is 0 Å². The van der Waals surface area contributed by atoms with Gasteiger partial charge in [-0.15, -0.1) is 11.6 Å². The molecule has 4 rings (SSSR count). The van der Waals surface area contributed by atoms with Gasteiger partial charge in [-0.1, -0.05) is 0 Å². The smallest absolute Gasteiger partial charge is 0.224 e. The van der Waals surface area contributed by atoms with Gasteiger partial charge in [0.05, 0.1) is 12.0 Å². The molecule has 0 saturated carbocycles. The van der Waals surface area contributed by atoms with Crippen LogP contribution < -0.4 is 15.4 Å². The number of ether oxygens (including phenoxy) is 1. The van der Waals surface area contributed by atoms with Crippen LogP contribution in [0, 0.1) is 12.8 Å². The normalized spacial score (nSPS) is 21.1. The summed E-state index contributed by atoms with van der Waals surface area (Å²) in [4.78, 5) is 22.1. The highest BCUT2D eigenvalue weighted by atomic mass is 35.5. The molecule has 3 aliphatic heterocycles. The minimum Gasteiger partial charge on any atom is -0.494 e. The maximum atomic E-state index is 10.9. The van der Waals surface area contributed by atoms with Crippen molar-refractivity contribution in [2.24, 2.45) is 15.9 Å². The highest BCUT2D eigenvalue weighted by Gasteiger charge is 2.22. The molecule has 1 unspecified atom stereocenters. The molecule has 1 aromatic rings. The van der Waals surface area contributed by atoms with E-state index in [9.17, 15) is 4.79 Å². The number of carbonyl (C=O) groups excluding carboxylic acids is 1. The van der Waals surface area contributed by atoms with Crippen LogP contribution >= 0.6 is 11.6 Å². The molecular formula is C28H42ClN5O2. The average Bonchev–Trinajstić information content (AvgIpc) is 3.08. The van der Waals surface area contributed by atoms with Gasteiger partial charge in [0.15, 0.2) is 0 Å². The van der Waals surface area contributed by atoms with Crippen molar-refractivity contribution in [3.05, 3.63) is 41.1 Å². The number of likely N-dealkylation sites (tertiary alicyclic amines) is 1. The quantitative estimate of drug-likeness (QED) is 0.315. The Balaban J connectivity index is 0.000000383. The molecule has 8 heteroatoms. The van der Waals surface area contributed by atoms with Crippen molar-refractivity contribution in [1.82, 2.24) is 15.5 Å². The fraction of sp³-hybridized carbons (Fsp3) is 0.607. The number of rotatable bonds is 7. The van der Waals surface area contributed by atoms with Crippen molar-refractivity contribution in [3.8, 4) is 5.75 Å². The summed E-state index contributed by atoms with van der Waals surface area (Å²) >= 11 is 6.20. The molecule has 0 radical (unpaired) electrons. The number of carbonyl (C=O) groups is 1. The van der Waals surface area contributed by atoms with Gasteiger partial charge >= 0.3 is 0 Å². The fourth-order valence-corrected chi connectivity index (χ4v) is 4.75. The maximum absolute atomic E-state index is 10.9. The van der Waals surface area contributed by atoms with Gasteiger partial charge in [0.25, 0.3) is 0 Å². The predicted octanol–water partition coefficient (Wildman–Crippen LogP) is 4.59. The van der Waals surface area contributed by atoms with Crippen molar-refractivity contribution in [2.75, 3.05) is 39.8 Å². The zero-order valence-electron chi connectivity index (χ0n) is 22.0. The third kappa shape index (κ3) is 9.02. The van der Waals surface area contributed by atoms with Gasteiger partial charge in [0, 0.05) is 37.1 Å². The summed E-state index contributed by atoms with van der Waals surface area (Å²) in [5.74, 6) is 2.33. The Morgan fingerprint density at radius 2 is 1.94 bits per heavy atom. The molecule has 0 aliphatic carbocycles. The first-order valence-corrected chi connectivity index (χ1v) is 13.7. The Bertz CT molecular complexity index is 919. The molecule has 3 aliphatic rings. The van der Waals surface area contributed by atoms with Crippen LogP contribution in [-0.4, -0.2) is 74.6 Å². The third-order valence-electron chi connectivity index (χ3n) is 7.18. The second-order valence-corrected chi connectivity index (χ2v) is 10.3. The Kier molecular flexibility index (Phi) is 11.9. The topological polar surface area (TPSA) is 78.3 Å². The lowest BCUT2D eigenvalue weighted by Gasteiger charge is -2.32. The van der Waals surface area contributed by atoms with E-state index in [-0.39, 0.29) is 5.38 Å². The zero-order valence-corrected chi connectivity index (χ0v) is 22.8. The molecule has 36 heavy (non-hydrogen) atoms. The number of hydrogen-bond donors (Lipinski definition) is 2. The number of aldehydes is 1.